The summed E-state index contributed by atoms with van der Waals surface area (Å²) in [5, 5.41) is 3.07. The predicted molar refractivity (Wildman–Crippen MR) is 106 cm³/mol. The molecule has 3 rings (SSSR count). The van der Waals surface area contributed by atoms with Gasteiger partial charge in [-0.25, -0.2) is 8.78 Å². The molecular weight excluding hydrogens is 400 g/mol. The van der Waals surface area contributed by atoms with Gasteiger partial charge in [0.2, 0.25) is 11.8 Å². The first kappa shape index (κ1) is 21.2. The molecule has 0 saturated carbocycles. The number of nitrogens with zero attached hydrogens (tertiary/aromatic N) is 2. The largest absolute Gasteiger partial charge is 0.353 e. The van der Waals surface area contributed by atoms with Gasteiger partial charge in [-0.15, -0.1) is 0 Å². The summed E-state index contributed by atoms with van der Waals surface area (Å²) in [6.45, 7) is 1.68. The summed E-state index contributed by atoms with van der Waals surface area (Å²) in [6, 6.07) is 9.42. The van der Waals surface area contributed by atoms with Gasteiger partial charge in [0.25, 0.3) is 0 Å². The van der Waals surface area contributed by atoms with E-state index < -0.39 is 11.9 Å². The Balaban J connectivity index is 1.67. The first-order chi connectivity index (χ1) is 13.8. The number of rotatable bonds is 6. The third-order valence-corrected chi connectivity index (χ3v) is 5.31. The van der Waals surface area contributed by atoms with E-state index >= 15 is 0 Å². The maximum absolute atomic E-state index is 13.3. The van der Waals surface area contributed by atoms with E-state index in [0.29, 0.717) is 31.7 Å². The highest BCUT2D eigenvalue weighted by Gasteiger charge is 2.32. The van der Waals surface area contributed by atoms with Crippen LogP contribution in [0.1, 0.15) is 17.5 Å². The van der Waals surface area contributed by atoms with Crippen molar-refractivity contribution < 1.29 is 18.4 Å². The van der Waals surface area contributed by atoms with Gasteiger partial charge in [0.15, 0.2) is 0 Å². The van der Waals surface area contributed by atoms with Gasteiger partial charge in [0.1, 0.15) is 11.6 Å². The molecule has 0 aliphatic carbocycles. The number of nitrogens with one attached hydrogen (secondary N) is 1. The van der Waals surface area contributed by atoms with E-state index in [4.69, 9.17) is 11.6 Å². The topological polar surface area (TPSA) is 52.7 Å². The van der Waals surface area contributed by atoms with Gasteiger partial charge in [-0.3, -0.25) is 14.5 Å². The summed E-state index contributed by atoms with van der Waals surface area (Å²) in [4.78, 5) is 28.5. The molecule has 8 heteroatoms. The van der Waals surface area contributed by atoms with Gasteiger partial charge in [-0.1, -0.05) is 29.8 Å². The SMILES string of the molecule is CN(Cc1ccc(F)cc1)C(=O)CC1C(=O)NCCN1Cc1ccc(F)cc1Cl. The molecule has 0 radical (unpaired) electrons. The van der Waals surface area contributed by atoms with E-state index in [1.54, 1.807) is 25.2 Å². The molecule has 154 valence electrons. The Hall–Kier alpha value is -2.51. The minimum absolute atomic E-state index is 0.00232. The van der Waals surface area contributed by atoms with E-state index in [2.05, 4.69) is 5.32 Å². The number of hydrogen-bond donors (Lipinski definition) is 1. The molecule has 29 heavy (non-hydrogen) atoms. The highest BCUT2D eigenvalue weighted by molar-refractivity contribution is 6.31. The smallest absolute Gasteiger partial charge is 0.237 e. The Morgan fingerprint density at radius 2 is 1.90 bits per heavy atom. The van der Waals surface area contributed by atoms with Crippen LogP contribution in [-0.2, 0) is 22.7 Å². The van der Waals surface area contributed by atoms with Crippen molar-refractivity contribution in [3.63, 3.8) is 0 Å². The third-order valence-electron chi connectivity index (χ3n) is 4.96. The minimum atomic E-state index is -0.645. The number of piperazine rings is 1. The lowest BCUT2D eigenvalue weighted by atomic mass is 10.1. The van der Waals surface area contributed by atoms with Gasteiger partial charge >= 0.3 is 0 Å². The molecule has 0 spiro atoms. The zero-order chi connectivity index (χ0) is 21.0. The van der Waals surface area contributed by atoms with Crippen molar-refractivity contribution in [2.45, 2.75) is 25.6 Å². The first-order valence-electron chi connectivity index (χ1n) is 9.27. The van der Waals surface area contributed by atoms with Crippen LogP contribution in [0.25, 0.3) is 0 Å². The van der Waals surface area contributed by atoms with Crippen molar-refractivity contribution in [3.05, 3.63) is 70.2 Å². The summed E-state index contributed by atoms with van der Waals surface area (Å²) in [5.41, 5.74) is 1.49. The number of carbonyl (C=O) groups excluding carboxylic acids is 2. The van der Waals surface area contributed by atoms with Gasteiger partial charge in [0, 0.05) is 38.2 Å². The summed E-state index contributed by atoms with van der Waals surface area (Å²) in [5.74, 6) is -1.19. The van der Waals surface area contributed by atoms with Crippen LogP contribution in [0.3, 0.4) is 0 Å². The lowest BCUT2D eigenvalue weighted by molar-refractivity contribution is -0.138. The second-order valence-corrected chi connectivity index (χ2v) is 7.50. The molecule has 2 amide bonds. The van der Waals surface area contributed by atoms with E-state index in [0.717, 1.165) is 5.56 Å². The highest BCUT2D eigenvalue weighted by Crippen LogP contribution is 2.22. The van der Waals surface area contributed by atoms with Crippen molar-refractivity contribution in [1.82, 2.24) is 15.1 Å². The second-order valence-electron chi connectivity index (χ2n) is 7.09. The minimum Gasteiger partial charge on any atom is -0.353 e. The Labute approximate surface area is 173 Å². The fourth-order valence-corrected chi connectivity index (χ4v) is 3.54. The summed E-state index contributed by atoms with van der Waals surface area (Å²) < 4.78 is 26.3. The zero-order valence-electron chi connectivity index (χ0n) is 16.0. The normalized spacial score (nSPS) is 17.1. The molecule has 2 aromatic rings. The average molecular weight is 422 g/mol. The van der Waals surface area contributed by atoms with Crippen LogP contribution in [0.4, 0.5) is 8.78 Å². The van der Waals surface area contributed by atoms with Gasteiger partial charge in [-0.2, -0.15) is 0 Å². The number of hydrogen-bond acceptors (Lipinski definition) is 3. The van der Waals surface area contributed by atoms with Gasteiger partial charge in [0.05, 0.1) is 12.5 Å². The molecule has 1 saturated heterocycles. The van der Waals surface area contributed by atoms with Crippen molar-refractivity contribution in [2.24, 2.45) is 0 Å². The first-order valence-corrected chi connectivity index (χ1v) is 9.65. The van der Waals surface area contributed by atoms with Crippen molar-refractivity contribution in [3.8, 4) is 0 Å². The molecule has 1 aliphatic rings. The average Bonchev–Trinajstić information content (AvgIpc) is 2.68. The number of benzene rings is 2. The summed E-state index contributed by atoms with van der Waals surface area (Å²) in [6.07, 6.45) is 0.00232. The Bertz CT molecular complexity index is 892. The van der Waals surface area contributed by atoms with Gasteiger partial charge < -0.3 is 10.2 Å². The van der Waals surface area contributed by atoms with Crippen LogP contribution in [0, 0.1) is 11.6 Å². The quantitative estimate of drug-likeness (QED) is 0.780. The maximum atomic E-state index is 13.3. The van der Waals surface area contributed by atoms with Crippen LogP contribution < -0.4 is 5.32 Å². The van der Waals surface area contributed by atoms with Crippen molar-refractivity contribution in [2.75, 3.05) is 20.1 Å². The predicted octanol–water partition coefficient (Wildman–Crippen LogP) is 2.97. The molecule has 2 aromatic carbocycles. The highest BCUT2D eigenvalue weighted by atomic mass is 35.5. The Morgan fingerprint density at radius 3 is 2.59 bits per heavy atom. The van der Waals surface area contributed by atoms with Crippen LogP contribution in [0.2, 0.25) is 5.02 Å². The van der Waals surface area contributed by atoms with Crippen LogP contribution in [0.15, 0.2) is 42.5 Å². The fourth-order valence-electron chi connectivity index (χ4n) is 3.32. The van der Waals surface area contributed by atoms with E-state index in [1.165, 1.54) is 29.2 Å². The third kappa shape index (κ3) is 5.52. The fraction of sp³-hybridized carbons (Fsp3) is 0.333. The molecular formula is C21H22ClF2N3O2. The number of halogens is 3. The van der Waals surface area contributed by atoms with Crippen molar-refractivity contribution in [1.29, 1.82) is 0 Å². The second kappa shape index (κ2) is 9.33. The Morgan fingerprint density at radius 1 is 1.21 bits per heavy atom. The molecule has 1 fully saturated rings. The molecule has 1 heterocycles. The molecule has 0 aromatic heterocycles. The molecule has 1 N–H and O–H groups in total. The van der Waals surface area contributed by atoms with Crippen LogP contribution in [-0.4, -0.2) is 47.8 Å². The molecule has 1 unspecified atom stereocenters. The maximum Gasteiger partial charge on any atom is 0.237 e. The van der Waals surface area contributed by atoms with E-state index in [9.17, 15) is 18.4 Å². The van der Waals surface area contributed by atoms with Crippen LogP contribution in [0.5, 0.6) is 0 Å². The number of carbonyl (C=O) groups is 2. The number of amides is 2. The Kier molecular flexibility index (Phi) is 6.82. The van der Waals surface area contributed by atoms with E-state index in [1.807, 2.05) is 4.90 Å². The molecule has 0 bridgehead atoms. The standard InChI is InChI=1S/C21H22ClF2N3O2/c1-26(12-14-2-5-16(23)6-3-14)20(28)11-19-21(29)25-8-9-27(19)13-15-4-7-17(24)10-18(15)22/h2-7,10,19H,8-9,11-13H2,1H3,(H,25,29). The lowest BCUT2D eigenvalue weighted by Gasteiger charge is -2.35. The molecule has 1 atom stereocenters. The lowest BCUT2D eigenvalue weighted by Crippen LogP contribution is -2.56. The summed E-state index contributed by atoms with van der Waals surface area (Å²) in [7, 11) is 1.65. The van der Waals surface area contributed by atoms with Crippen molar-refractivity contribution >= 4 is 23.4 Å². The van der Waals surface area contributed by atoms with Crippen LogP contribution >= 0.6 is 11.6 Å². The molecule has 1 aliphatic heterocycles. The van der Waals surface area contributed by atoms with E-state index in [-0.39, 0.29) is 29.1 Å². The summed E-state index contributed by atoms with van der Waals surface area (Å²) >= 11 is 6.12. The zero-order valence-corrected chi connectivity index (χ0v) is 16.8. The monoisotopic (exact) mass is 421 g/mol. The molecule has 5 nitrogen and oxygen atoms in total. The van der Waals surface area contributed by atoms with Gasteiger partial charge in [-0.05, 0) is 35.4 Å².